The Bertz CT molecular complexity index is 948. The molecule has 2 atom stereocenters. The van der Waals surface area contributed by atoms with Crippen LogP contribution in [0.4, 0.5) is 0 Å². The van der Waals surface area contributed by atoms with Crippen molar-refractivity contribution in [3.63, 3.8) is 0 Å². The molecule has 1 amide bonds. The van der Waals surface area contributed by atoms with Crippen LogP contribution in [0.1, 0.15) is 36.0 Å². The molecule has 142 valence electrons. The van der Waals surface area contributed by atoms with Crippen LogP contribution >= 0.6 is 0 Å². The van der Waals surface area contributed by atoms with E-state index in [-0.39, 0.29) is 5.54 Å². The fraction of sp³-hybridized carbons (Fsp3) is 0.421. The predicted molar refractivity (Wildman–Crippen MR) is 102 cm³/mol. The number of aromatic nitrogens is 2. The number of hydrogen-bond donors (Lipinski definition) is 1. The summed E-state index contributed by atoms with van der Waals surface area (Å²) >= 11 is 0. The average molecular weight is 386 g/mol. The number of ether oxygens (including phenoxy) is 1. The third-order valence-electron chi connectivity index (χ3n) is 5.04. The van der Waals surface area contributed by atoms with Gasteiger partial charge in [0.1, 0.15) is 5.75 Å². The van der Waals surface area contributed by atoms with Gasteiger partial charge < -0.3 is 10.1 Å². The van der Waals surface area contributed by atoms with Gasteiger partial charge in [-0.2, -0.15) is 4.36 Å². The van der Waals surface area contributed by atoms with Crippen molar-refractivity contribution in [2.24, 2.45) is 4.36 Å². The van der Waals surface area contributed by atoms with E-state index in [9.17, 15) is 9.00 Å². The van der Waals surface area contributed by atoms with Gasteiger partial charge in [-0.3, -0.25) is 9.78 Å². The summed E-state index contributed by atoms with van der Waals surface area (Å²) in [5.74, 6) is 1.29. The second-order valence-corrected chi connectivity index (χ2v) is 9.53. The van der Waals surface area contributed by atoms with Gasteiger partial charge in [0.15, 0.2) is 0 Å². The third-order valence-corrected chi connectivity index (χ3v) is 7.47. The molecule has 27 heavy (non-hydrogen) atoms. The Kier molecular flexibility index (Phi) is 4.92. The maximum absolute atomic E-state index is 13.2. The molecule has 0 bridgehead atoms. The summed E-state index contributed by atoms with van der Waals surface area (Å²) < 4.78 is 23.0. The molecule has 2 unspecified atom stereocenters. The van der Waals surface area contributed by atoms with Crippen molar-refractivity contribution in [2.45, 2.75) is 31.2 Å². The van der Waals surface area contributed by atoms with Gasteiger partial charge in [-0.25, -0.2) is 9.19 Å². The molecule has 2 fully saturated rings. The highest BCUT2D eigenvalue weighted by Gasteiger charge is 2.40. The van der Waals surface area contributed by atoms with Gasteiger partial charge in [0, 0.05) is 29.2 Å². The minimum atomic E-state index is -2.55. The lowest BCUT2D eigenvalue weighted by Gasteiger charge is -2.35. The first-order valence-corrected chi connectivity index (χ1v) is 11.0. The number of nitrogens with one attached hydrogen (secondary N) is 1. The molecule has 2 aliphatic heterocycles. The van der Waals surface area contributed by atoms with Crippen molar-refractivity contribution in [3.8, 4) is 11.6 Å². The van der Waals surface area contributed by atoms with Gasteiger partial charge in [-0.1, -0.05) is 6.07 Å². The van der Waals surface area contributed by atoms with Crippen LogP contribution in [0.2, 0.25) is 0 Å². The minimum Gasteiger partial charge on any atom is -0.437 e. The zero-order chi connectivity index (χ0) is 18.7. The molecule has 2 saturated heterocycles. The van der Waals surface area contributed by atoms with E-state index in [2.05, 4.69) is 19.6 Å². The van der Waals surface area contributed by atoms with Crippen LogP contribution in [0, 0.1) is 0 Å². The lowest BCUT2D eigenvalue weighted by atomic mass is 9.94. The van der Waals surface area contributed by atoms with Gasteiger partial charge >= 0.3 is 0 Å². The van der Waals surface area contributed by atoms with Gasteiger partial charge in [0.2, 0.25) is 5.88 Å². The number of carbonyl (C=O) groups is 1. The first kappa shape index (κ1) is 18.1. The Balaban J connectivity index is 1.55. The number of rotatable bonds is 3. The van der Waals surface area contributed by atoms with E-state index in [0.29, 0.717) is 28.7 Å². The molecule has 4 rings (SSSR count). The average Bonchev–Trinajstić information content (AvgIpc) is 3.09. The van der Waals surface area contributed by atoms with E-state index in [1.165, 1.54) is 12.4 Å². The monoisotopic (exact) mass is 386 g/mol. The number of nitrogens with zero attached hydrogens (tertiary/aromatic N) is 3. The van der Waals surface area contributed by atoms with Crippen molar-refractivity contribution < 1.29 is 13.7 Å². The van der Waals surface area contributed by atoms with Gasteiger partial charge in [-0.15, -0.1) is 0 Å². The Labute approximate surface area is 158 Å². The van der Waals surface area contributed by atoms with Crippen molar-refractivity contribution in [3.05, 3.63) is 48.4 Å². The van der Waals surface area contributed by atoms with Crippen molar-refractivity contribution >= 4 is 15.6 Å². The summed E-state index contributed by atoms with van der Waals surface area (Å²) in [4.78, 5) is 20.7. The molecule has 0 aliphatic carbocycles. The number of amides is 1. The number of carbonyl (C=O) groups excluding carboxylic acids is 1. The van der Waals surface area contributed by atoms with Crippen LogP contribution in [-0.2, 0) is 9.73 Å². The Morgan fingerprint density at radius 3 is 2.93 bits per heavy atom. The molecule has 0 saturated carbocycles. The highest BCUT2D eigenvalue weighted by Crippen LogP contribution is 2.32. The summed E-state index contributed by atoms with van der Waals surface area (Å²) in [7, 11) is -2.55. The molecule has 3 heterocycles. The molecule has 1 spiro atoms. The lowest BCUT2D eigenvalue weighted by Crippen LogP contribution is -2.49. The maximum atomic E-state index is 13.2. The smallest absolute Gasteiger partial charge is 0.285 e. The molecule has 0 radical (unpaired) electrons. The lowest BCUT2D eigenvalue weighted by molar-refractivity contribution is 0.100. The summed E-state index contributed by atoms with van der Waals surface area (Å²) in [5.41, 5.74) is 0.258. The Morgan fingerprint density at radius 1 is 1.26 bits per heavy atom. The van der Waals surface area contributed by atoms with Crippen LogP contribution in [0.15, 0.2) is 47.2 Å². The zero-order valence-electron chi connectivity index (χ0n) is 15.0. The third kappa shape index (κ3) is 4.17. The summed E-state index contributed by atoms with van der Waals surface area (Å²) in [6.45, 7) is 0.950. The molecule has 8 heteroatoms. The van der Waals surface area contributed by atoms with E-state index in [0.717, 1.165) is 32.2 Å². The summed E-state index contributed by atoms with van der Waals surface area (Å²) in [6.07, 6.45) is 8.51. The first-order chi connectivity index (χ1) is 13.1. The van der Waals surface area contributed by atoms with Crippen LogP contribution in [0.5, 0.6) is 11.6 Å². The van der Waals surface area contributed by atoms with E-state index < -0.39 is 15.6 Å². The molecular weight excluding hydrogens is 364 g/mol. The number of benzene rings is 1. The van der Waals surface area contributed by atoms with Gasteiger partial charge in [0.25, 0.3) is 5.91 Å². The maximum Gasteiger partial charge on any atom is 0.285 e. The Morgan fingerprint density at radius 2 is 2.15 bits per heavy atom. The van der Waals surface area contributed by atoms with Crippen LogP contribution in [0.25, 0.3) is 0 Å². The summed E-state index contributed by atoms with van der Waals surface area (Å²) in [6, 6.07) is 6.69. The number of hydrogen-bond acceptors (Lipinski definition) is 6. The fourth-order valence-corrected chi connectivity index (χ4v) is 6.41. The largest absolute Gasteiger partial charge is 0.437 e. The molecule has 1 N–H and O–H groups in total. The topological polar surface area (TPSA) is 93.5 Å². The highest BCUT2D eigenvalue weighted by atomic mass is 32.2. The van der Waals surface area contributed by atoms with Gasteiger partial charge in [0.05, 0.1) is 21.7 Å². The molecular formula is C19H22N4O3S. The predicted octanol–water partition coefficient (Wildman–Crippen LogP) is 2.79. The van der Waals surface area contributed by atoms with Crippen molar-refractivity contribution in [1.29, 1.82) is 0 Å². The fourth-order valence-electron chi connectivity index (χ4n) is 3.85. The van der Waals surface area contributed by atoms with Crippen molar-refractivity contribution in [1.82, 2.24) is 15.3 Å². The highest BCUT2D eigenvalue weighted by molar-refractivity contribution is 7.94. The minimum absolute atomic E-state index is 0.101. The standard InChI is InChI=1S/C19H22N4O3S/c24-18(23-27(25)11-3-7-19(14-27)6-2-8-22-19)15-4-1-5-16(12-15)26-17-13-20-9-10-21-17/h1,4-5,9-10,12-13,22H,2-3,6-8,11,14H2. The molecule has 2 aromatic rings. The van der Waals surface area contributed by atoms with Gasteiger partial charge in [-0.05, 0) is 50.4 Å². The van der Waals surface area contributed by atoms with E-state index in [4.69, 9.17) is 4.74 Å². The Hall–Kier alpha value is -2.32. The first-order valence-electron chi connectivity index (χ1n) is 9.12. The zero-order valence-corrected chi connectivity index (χ0v) is 15.8. The van der Waals surface area contributed by atoms with Crippen LogP contribution < -0.4 is 10.1 Å². The second kappa shape index (κ2) is 7.36. The van der Waals surface area contributed by atoms with Crippen LogP contribution in [-0.4, -0.2) is 43.7 Å². The molecule has 2 aliphatic rings. The molecule has 7 nitrogen and oxygen atoms in total. The molecule has 1 aromatic carbocycles. The normalized spacial score (nSPS) is 27.4. The van der Waals surface area contributed by atoms with E-state index >= 15 is 0 Å². The van der Waals surface area contributed by atoms with Crippen molar-refractivity contribution in [2.75, 3.05) is 18.1 Å². The van der Waals surface area contributed by atoms with E-state index in [1.54, 1.807) is 30.5 Å². The van der Waals surface area contributed by atoms with Crippen LogP contribution in [0.3, 0.4) is 0 Å². The second-order valence-electron chi connectivity index (χ2n) is 7.11. The quantitative estimate of drug-likeness (QED) is 0.872. The SMILES string of the molecule is O=C(N=S1(=O)CCCC2(CCCN2)C1)c1cccc(Oc2cnccn2)c1. The van der Waals surface area contributed by atoms with E-state index in [1.807, 2.05) is 0 Å². The summed E-state index contributed by atoms with van der Waals surface area (Å²) in [5, 5.41) is 3.49. The molecule has 1 aromatic heterocycles.